The predicted molar refractivity (Wildman–Crippen MR) is 103 cm³/mol. The molecule has 1 aliphatic rings. The maximum absolute atomic E-state index is 14.5. The highest BCUT2D eigenvalue weighted by atomic mass is 19.1. The molecular weight excluding hydrogens is 361 g/mol. The van der Waals surface area contributed by atoms with E-state index in [0.717, 1.165) is 11.3 Å². The van der Waals surface area contributed by atoms with Crippen LogP contribution in [0.4, 0.5) is 4.39 Å². The van der Waals surface area contributed by atoms with Gasteiger partial charge in [-0.2, -0.15) is 0 Å². The average molecular weight is 383 g/mol. The number of hydrogen-bond acceptors (Lipinski definition) is 4. The van der Waals surface area contributed by atoms with E-state index in [9.17, 15) is 9.18 Å². The number of benzene rings is 2. The summed E-state index contributed by atoms with van der Waals surface area (Å²) in [5.74, 6) is 1.26. The molecule has 1 amide bonds. The van der Waals surface area contributed by atoms with Crippen molar-refractivity contribution >= 4 is 16.9 Å². The molecule has 0 saturated carbocycles. The fourth-order valence-corrected chi connectivity index (χ4v) is 3.49. The lowest BCUT2D eigenvalue weighted by atomic mass is 10.0. The largest absolute Gasteiger partial charge is 0.493 e. The summed E-state index contributed by atoms with van der Waals surface area (Å²) in [6.45, 7) is 2.32. The number of aryl methyl sites for hydroxylation is 2. The molecule has 0 bridgehead atoms. The number of fused-ring (bicyclic) bond motifs is 2. The van der Waals surface area contributed by atoms with Crippen LogP contribution >= 0.6 is 0 Å². The van der Waals surface area contributed by atoms with Crippen LogP contribution in [0.2, 0.25) is 0 Å². The Labute approximate surface area is 162 Å². The molecule has 4 rings (SSSR count). The Kier molecular flexibility index (Phi) is 4.45. The molecular formula is C21H22FN3O3. The summed E-state index contributed by atoms with van der Waals surface area (Å²) in [6.07, 6.45) is -0.00669. The van der Waals surface area contributed by atoms with E-state index in [-0.39, 0.29) is 11.7 Å². The van der Waals surface area contributed by atoms with Gasteiger partial charge < -0.3 is 18.9 Å². The number of rotatable bonds is 3. The Morgan fingerprint density at radius 3 is 2.89 bits per heavy atom. The highest BCUT2D eigenvalue weighted by Gasteiger charge is 2.28. The minimum Gasteiger partial charge on any atom is -0.493 e. The van der Waals surface area contributed by atoms with Crippen LogP contribution in [-0.4, -0.2) is 41.1 Å². The highest BCUT2D eigenvalue weighted by molar-refractivity contribution is 5.99. The molecule has 0 fully saturated rings. The molecule has 0 spiro atoms. The lowest BCUT2D eigenvalue weighted by molar-refractivity contribution is 0.0826. The van der Waals surface area contributed by atoms with Gasteiger partial charge in [0, 0.05) is 33.1 Å². The van der Waals surface area contributed by atoms with E-state index in [2.05, 4.69) is 4.98 Å². The third-order valence-corrected chi connectivity index (χ3v) is 5.07. The van der Waals surface area contributed by atoms with Crippen molar-refractivity contribution in [3.05, 3.63) is 53.1 Å². The lowest BCUT2D eigenvalue weighted by Crippen LogP contribution is -2.22. The van der Waals surface area contributed by atoms with Gasteiger partial charge in [-0.1, -0.05) is 6.07 Å². The van der Waals surface area contributed by atoms with Gasteiger partial charge in [0.25, 0.3) is 5.91 Å². The van der Waals surface area contributed by atoms with E-state index < -0.39 is 6.10 Å². The Hall–Kier alpha value is -3.09. The topological polar surface area (TPSA) is 56.6 Å². The van der Waals surface area contributed by atoms with Crippen molar-refractivity contribution in [3.8, 4) is 11.5 Å². The van der Waals surface area contributed by atoms with Crippen molar-refractivity contribution < 1.29 is 18.7 Å². The molecule has 146 valence electrons. The standard InChI is InChI=1S/C21H22FN3O3/c1-12-23-20-15(25(12)4)10-13(21(26)24(2)3)11-18(20)28-17-8-9-27-16-7-5-6-14(22)19(16)17/h5-7,10-11,17H,8-9H2,1-4H3. The number of ether oxygens (including phenoxy) is 2. The highest BCUT2D eigenvalue weighted by Crippen LogP contribution is 2.39. The van der Waals surface area contributed by atoms with Crippen molar-refractivity contribution in [2.45, 2.75) is 19.4 Å². The number of nitrogens with zero attached hydrogens (tertiary/aromatic N) is 3. The Morgan fingerprint density at radius 2 is 2.14 bits per heavy atom. The quantitative estimate of drug-likeness (QED) is 0.693. The molecule has 1 atom stereocenters. The maximum Gasteiger partial charge on any atom is 0.253 e. The molecule has 6 nitrogen and oxygen atoms in total. The van der Waals surface area contributed by atoms with Gasteiger partial charge in [-0.05, 0) is 31.2 Å². The monoisotopic (exact) mass is 383 g/mol. The Morgan fingerprint density at radius 1 is 1.36 bits per heavy atom. The molecule has 1 unspecified atom stereocenters. The Balaban J connectivity index is 1.83. The number of imidazole rings is 1. The molecule has 0 radical (unpaired) electrons. The number of halogens is 1. The van der Waals surface area contributed by atoms with Crippen molar-refractivity contribution in [1.29, 1.82) is 0 Å². The van der Waals surface area contributed by atoms with E-state index in [1.807, 2.05) is 24.6 Å². The van der Waals surface area contributed by atoms with Crippen molar-refractivity contribution in [2.75, 3.05) is 20.7 Å². The second-order valence-electron chi connectivity index (χ2n) is 7.16. The summed E-state index contributed by atoms with van der Waals surface area (Å²) in [5, 5.41) is 0. The van der Waals surface area contributed by atoms with Gasteiger partial charge in [0.1, 0.15) is 34.8 Å². The van der Waals surface area contributed by atoms with Crippen LogP contribution in [0, 0.1) is 12.7 Å². The average Bonchev–Trinajstić information content (AvgIpc) is 2.96. The van der Waals surface area contributed by atoms with E-state index in [1.165, 1.54) is 11.0 Å². The summed E-state index contributed by atoms with van der Waals surface area (Å²) >= 11 is 0. The molecule has 1 aliphatic heterocycles. The summed E-state index contributed by atoms with van der Waals surface area (Å²) in [4.78, 5) is 18.7. The van der Waals surface area contributed by atoms with Gasteiger partial charge in [-0.25, -0.2) is 9.37 Å². The number of amides is 1. The van der Waals surface area contributed by atoms with E-state index in [1.54, 1.807) is 32.3 Å². The molecule has 28 heavy (non-hydrogen) atoms. The first-order valence-electron chi connectivity index (χ1n) is 9.13. The first-order valence-corrected chi connectivity index (χ1v) is 9.13. The van der Waals surface area contributed by atoms with Crippen LogP contribution in [0.25, 0.3) is 11.0 Å². The molecule has 7 heteroatoms. The number of hydrogen-bond donors (Lipinski definition) is 0. The summed E-state index contributed by atoms with van der Waals surface area (Å²) in [7, 11) is 5.29. The summed E-state index contributed by atoms with van der Waals surface area (Å²) in [5.41, 5.74) is 2.34. The number of carbonyl (C=O) groups is 1. The van der Waals surface area contributed by atoms with Gasteiger partial charge >= 0.3 is 0 Å². The molecule has 0 saturated heterocycles. The van der Waals surface area contributed by atoms with Gasteiger partial charge in [0.2, 0.25) is 0 Å². The summed E-state index contributed by atoms with van der Waals surface area (Å²) < 4.78 is 28.2. The maximum atomic E-state index is 14.5. The Bertz CT molecular complexity index is 1070. The van der Waals surface area contributed by atoms with Crippen LogP contribution in [-0.2, 0) is 7.05 Å². The predicted octanol–water partition coefficient (Wildman–Crippen LogP) is 3.63. The zero-order valence-corrected chi connectivity index (χ0v) is 16.3. The van der Waals surface area contributed by atoms with Crippen molar-refractivity contribution in [3.63, 3.8) is 0 Å². The molecule has 2 aromatic carbocycles. The molecule has 0 aliphatic carbocycles. The SMILES string of the molecule is Cc1nc2c(OC3CCOc4cccc(F)c43)cc(C(=O)N(C)C)cc2n1C. The van der Waals surface area contributed by atoms with E-state index >= 15 is 0 Å². The third kappa shape index (κ3) is 2.96. The van der Waals surface area contributed by atoms with Gasteiger partial charge in [0.05, 0.1) is 17.7 Å². The van der Waals surface area contributed by atoms with Crippen LogP contribution in [0.5, 0.6) is 11.5 Å². The van der Waals surface area contributed by atoms with Crippen molar-refractivity contribution in [2.24, 2.45) is 7.05 Å². The normalized spacial score (nSPS) is 15.8. The smallest absolute Gasteiger partial charge is 0.253 e. The third-order valence-electron chi connectivity index (χ3n) is 5.07. The second kappa shape index (κ2) is 6.82. The minimum atomic E-state index is -0.514. The zero-order valence-electron chi connectivity index (χ0n) is 16.3. The first-order chi connectivity index (χ1) is 13.4. The molecule has 2 heterocycles. The van der Waals surface area contributed by atoms with Gasteiger partial charge in [-0.15, -0.1) is 0 Å². The van der Waals surface area contributed by atoms with Crippen LogP contribution in [0.15, 0.2) is 30.3 Å². The molecule has 3 aromatic rings. The van der Waals surface area contributed by atoms with Crippen LogP contribution in [0.3, 0.4) is 0 Å². The second-order valence-corrected chi connectivity index (χ2v) is 7.16. The van der Waals surface area contributed by atoms with Gasteiger partial charge in [0.15, 0.2) is 0 Å². The van der Waals surface area contributed by atoms with Gasteiger partial charge in [-0.3, -0.25) is 4.79 Å². The van der Waals surface area contributed by atoms with Crippen LogP contribution < -0.4 is 9.47 Å². The summed E-state index contributed by atoms with van der Waals surface area (Å²) in [6, 6.07) is 8.25. The minimum absolute atomic E-state index is 0.135. The molecule has 1 aromatic heterocycles. The fourth-order valence-electron chi connectivity index (χ4n) is 3.49. The lowest BCUT2D eigenvalue weighted by Gasteiger charge is -2.27. The first kappa shape index (κ1) is 18.3. The van der Waals surface area contributed by atoms with Crippen LogP contribution in [0.1, 0.15) is 34.3 Å². The molecule has 0 N–H and O–H groups in total. The number of aromatic nitrogens is 2. The van der Waals surface area contributed by atoms with E-state index in [0.29, 0.717) is 41.2 Å². The number of carbonyl (C=O) groups excluding carboxylic acids is 1. The fraction of sp³-hybridized carbons (Fsp3) is 0.333. The van der Waals surface area contributed by atoms with E-state index in [4.69, 9.17) is 9.47 Å². The van der Waals surface area contributed by atoms with Crippen molar-refractivity contribution in [1.82, 2.24) is 14.5 Å². The zero-order chi connectivity index (χ0) is 20.0.